The van der Waals surface area contributed by atoms with Crippen LogP contribution in [0.25, 0.3) is 0 Å². The van der Waals surface area contributed by atoms with E-state index in [-0.39, 0.29) is 11.2 Å². The largest absolute Gasteiger partial charge is 0.465 e. The smallest absolute Gasteiger partial charge is 0.337 e. The fraction of sp³-hybridized carbons (Fsp3) is 0.235. The molecule has 0 unspecified atom stereocenters. The minimum Gasteiger partial charge on any atom is -0.465 e. The molecule has 1 atom stereocenters. The molecule has 0 radical (unpaired) electrons. The number of ether oxygens (including phenoxy) is 1. The molecule has 0 aliphatic carbocycles. The molecule has 0 amide bonds. The van der Waals surface area contributed by atoms with Gasteiger partial charge in [0.15, 0.2) is 0 Å². The molecule has 2 rings (SSSR count). The monoisotopic (exact) mass is 301 g/mol. The van der Waals surface area contributed by atoms with Gasteiger partial charge in [0.05, 0.1) is 17.9 Å². The quantitative estimate of drug-likeness (QED) is 0.832. The van der Waals surface area contributed by atoms with E-state index in [2.05, 4.69) is 12.1 Å². The summed E-state index contributed by atoms with van der Waals surface area (Å²) in [4.78, 5) is 11.7. The van der Waals surface area contributed by atoms with Gasteiger partial charge in [-0.05, 0) is 23.3 Å². The summed E-state index contributed by atoms with van der Waals surface area (Å²) in [5.74, 6) is 0.551. The van der Waals surface area contributed by atoms with Crippen molar-refractivity contribution >= 4 is 17.7 Å². The average molecular weight is 301 g/mol. The SMILES string of the molecule is COC(=O)c1cccc([C@@H](SCCN)c2ccccc2)c1. The van der Waals surface area contributed by atoms with Crippen molar-refractivity contribution in [1.29, 1.82) is 0 Å². The van der Waals surface area contributed by atoms with E-state index in [0.717, 1.165) is 11.3 Å². The normalized spacial score (nSPS) is 11.9. The van der Waals surface area contributed by atoms with Crippen molar-refractivity contribution < 1.29 is 9.53 Å². The molecule has 110 valence electrons. The molecule has 4 heteroatoms. The van der Waals surface area contributed by atoms with Crippen molar-refractivity contribution in [2.45, 2.75) is 5.25 Å². The Morgan fingerprint density at radius 1 is 1.14 bits per heavy atom. The van der Waals surface area contributed by atoms with Gasteiger partial charge >= 0.3 is 5.97 Å². The van der Waals surface area contributed by atoms with Crippen LogP contribution in [0.15, 0.2) is 54.6 Å². The molecule has 0 fully saturated rings. The van der Waals surface area contributed by atoms with Gasteiger partial charge in [0.2, 0.25) is 0 Å². The zero-order chi connectivity index (χ0) is 15.1. The summed E-state index contributed by atoms with van der Waals surface area (Å²) in [6.07, 6.45) is 0. The molecule has 2 N–H and O–H groups in total. The minimum absolute atomic E-state index is 0.166. The van der Waals surface area contributed by atoms with E-state index >= 15 is 0 Å². The second-order valence-corrected chi connectivity index (χ2v) is 5.78. The maximum absolute atomic E-state index is 11.7. The highest BCUT2D eigenvalue weighted by Gasteiger charge is 2.16. The lowest BCUT2D eigenvalue weighted by Crippen LogP contribution is -2.07. The Labute approximate surface area is 129 Å². The number of hydrogen-bond acceptors (Lipinski definition) is 4. The second kappa shape index (κ2) is 7.86. The van der Waals surface area contributed by atoms with Crippen molar-refractivity contribution in [3.63, 3.8) is 0 Å². The number of carbonyl (C=O) groups is 1. The first-order chi connectivity index (χ1) is 10.3. The lowest BCUT2D eigenvalue weighted by Gasteiger charge is -2.18. The van der Waals surface area contributed by atoms with Crippen molar-refractivity contribution in [3.8, 4) is 0 Å². The number of rotatable bonds is 6. The molecule has 0 spiro atoms. The fourth-order valence-electron chi connectivity index (χ4n) is 2.15. The van der Waals surface area contributed by atoms with Crippen LogP contribution in [0.4, 0.5) is 0 Å². The topological polar surface area (TPSA) is 52.3 Å². The van der Waals surface area contributed by atoms with Crippen LogP contribution < -0.4 is 5.73 Å². The Hall–Kier alpha value is -1.78. The first kappa shape index (κ1) is 15.6. The summed E-state index contributed by atoms with van der Waals surface area (Å²) in [7, 11) is 1.40. The Morgan fingerprint density at radius 3 is 2.52 bits per heavy atom. The summed E-state index contributed by atoms with van der Waals surface area (Å²) in [6, 6.07) is 17.8. The number of benzene rings is 2. The van der Waals surface area contributed by atoms with Crippen LogP contribution >= 0.6 is 11.8 Å². The Kier molecular flexibility index (Phi) is 5.84. The lowest BCUT2D eigenvalue weighted by molar-refractivity contribution is 0.0600. The maximum atomic E-state index is 11.7. The standard InChI is InChI=1S/C17H19NO2S/c1-20-17(19)15-9-5-8-14(12-15)16(21-11-10-18)13-6-3-2-4-7-13/h2-9,12,16H,10-11,18H2,1H3/t16-/m0/s1. The predicted octanol–water partition coefficient (Wildman–Crippen LogP) is 3.25. The van der Waals surface area contributed by atoms with E-state index in [0.29, 0.717) is 12.1 Å². The van der Waals surface area contributed by atoms with Crippen LogP contribution in [-0.2, 0) is 4.74 Å². The number of hydrogen-bond donors (Lipinski definition) is 1. The summed E-state index contributed by atoms with van der Waals surface area (Å²) in [5.41, 5.74) is 8.50. The molecule has 21 heavy (non-hydrogen) atoms. The van der Waals surface area contributed by atoms with Gasteiger partial charge in [0.25, 0.3) is 0 Å². The molecular formula is C17H19NO2S. The summed E-state index contributed by atoms with van der Waals surface area (Å²) < 4.78 is 4.79. The van der Waals surface area contributed by atoms with E-state index in [1.54, 1.807) is 17.8 Å². The Balaban J connectivity index is 2.34. The third kappa shape index (κ3) is 4.09. The van der Waals surface area contributed by atoms with Gasteiger partial charge in [-0.15, -0.1) is 11.8 Å². The molecular weight excluding hydrogens is 282 g/mol. The molecule has 2 aromatic rings. The number of thioether (sulfide) groups is 1. The molecule has 2 aromatic carbocycles. The van der Waals surface area contributed by atoms with Gasteiger partial charge in [-0.2, -0.15) is 0 Å². The van der Waals surface area contributed by atoms with E-state index in [1.165, 1.54) is 12.7 Å². The number of methoxy groups -OCH3 is 1. The van der Waals surface area contributed by atoms with Crippen molar-refractivity contribution in [2.24, 2.45) is 5.73 Å². The van der Waals surface area contributed by atoms with Gasteiger partial charge in [-0.3, -0.25) is 0 Å². The van der Waals surface area contributed by atoms with Crippen molar-refractivity contribution in [3.05, 3.63) is 71.3 Å². The fourth-order valence-corrected chi connectivity index (χ4v) is 3.21. The first-order valence-electron chi connectivity index (χ1n) is 6.81. The van der Waals surface area contributed by atoms with E-state index in [1.807, 2.05) is 36.4 Å². The molecule has 0 saturated carbocycles. The Bertz CT molecular complexity index is 586. The first-order valence-corrected chi connectivity index (χ1v) is 7.86. The highest BCUT2D eigenvalue weighted by Crippen LogP contribution is 2.35. The third-order valence-electron chi connectivity index (χ3n) is 3.12. The van der Waals surface area contributed by atoms with Crippen molar-refractivity contribution in [1.82, 2.24) is 0 Å². The van der Waals surface area contributed by atoms with E-state index in [4.69, 9.17) is 10.5 Å². The number of nitrogens with two attached hydrogens (primary N) is 1. The Morgan fingerprint density at radius 2 is 1.86 bits per heavy atom. The van der Waals surface area contributed by atoms with Gasteiger partial charge < -0.3 is 10.5 Å². The number of esters is 1. The molecule has 0 aliphatic heterocycles. The highest BCUT2D eigenvalue weighted by atomic mass is 32.2. The summed E-state index contributed by atoms with van der Waals surface area (Å²) in [6.45, 7) is 0.630. The van der Waals surface area contributed by atoms with Crippen LogP contribution in [0.3, 0.4) is 0 Å². The van der Waals surface area contributed by atoms with Gasteiger partial charge in [-0.25, -0.2) is 4.79 Å². The maximum Gasteiger partial charge on any atom is 0.337 e. The summed E-state index contributed by atoms with van der Waals surface area (Å²) in [5, 5.41) is 0.166. The van der Waals surface area contributed by atoms with Crippen LogP contribution in [0.1, 0.15) is 26.7 Å². The molecule has 0 heterocycles. The molecule has 3 nitrogen and oxygen atoms in total. The van der Waals surface area contributed by atoms with Gasteiger partial charge in [-0.1, -0.05) is 42.5 Å². The van der Waals surface area contributed by atoms with Gasteiger partial charge in [0, 0.05) is 12.3 Å². The third-order valence-corrected chi connectivity index (χ3v) is 4.46. The predicted molar refractivity (Wildman–Crippen MR) is 87.6 cm³/mol. The second-order valence-electron chi connectivity index (χ2n) is 4.57. The van der Waals surface area contributed by atoms with E-state index in [9.17, 15) is 4.79 Å². The highest BCUT2D eigenvalue weighted by molar-refractivity contribution is 7.99. The van der Waals surface area contributed by atoms with Crippen LogP contribution in [0, 0.1) is 0 Å². The van der Waals surface area contributed by atoms with Crippen LogP contribution in [0.5, 0.6) is 0 Å². The average Bonchev–Trinajstić information content (AvgIpc) is 2.56. The molecule has 0 aliphatic rings. The zero-order valence-corrected chi connectivity index (χ0v) is 12.8. The van der Waals surface area contributed by atoms with Crippen LogP contribution in [-0.4, -0.2) is 25.4 Å². The number of carbonyl (C=O) groups excluding carboxylic acids is 1. The zero-order valence-electron chi connectivity index (χ0n) is 12.0. The van der Waals surface area contributed by atoms with Crippen molar-refractivity contribution in [2.75, 3.05) is 19.4 Å². The molecule has 0 aromatic heterocycles. The lowest BCUT2D eigenvalue weighted by atomic mass is 10.0. The molecule has 0 bridgehead atoms. The molecule has 0 saturated heterocycles. The van der Waals surface area contributed by atoms with Crippen LogP contribution in [0.2, 0.25) is 0 Å². The minimum atomic E-state index is -0.313. The van der Waals surface area contributed by atoms with E-state index < -0.39 is 0 Å². The van der Waals surface area contributed by atoms with Gasteiger partial charge in [0.1, 0.15) is 0 Å². The summed E-state index contributed by atoms with van der Waals surface area (Å²) >= 11 is 1.78.